The molecule has 2 aliphatic rings. The van der Waals surface area contributed by atoms with E-state index in [1.807, 2.05) is 0 Å². The largest absolute Gasteiger partial charge is 0.486 e. The molecule has 12 heteroatoms. The highest BCUT2D eigenvalue weighted by Crippen LogP contribution is 2.36. The number of nitrogens with zero attached hydrogens (tertiary/aromatic N) is 1. The van der Waals surface area contributed by atoms with Gasteiger partial charge in [-0.15, -0.1) is 0 Å². The number of rotatable bonds is 8. The first-order valence-corrected chi connectivity index (χ1v) is 12.0. The van der Waals surface area contributed by atoms with Gasteiger partial charge in [0, 0.05) is 5.69 Å². The molecule has 38 heavy (non-hydrogen) atoms. The van der Waals surface area contributed by atoms with Gasteiger partial charge in [0.1, 0.15) is 25.3 Å². The van der Waals surface area contributed by atoms with Crippen molar-refractivity contribution in [2.75, 3.05) is 38.3 Å². The molecular formula is C26H27N3O9. The normalized spacial score (nSPS) is 18.0. The molecule has 2 aliphatic heterocycles. The summed E-state index contributed by atoms with van der Waals surface area (Å²) in [7, 11) is 0. The zero-order valence-electron chi connectivity index (χ0n) is 21.1. The average Bonchev–Trinajstić information content (AvgIpc) is 3.12. The van der Waals surface area contributed by atoms with E-state index < -0.39 is 41.9 Å². The van der Waals surface area contributed by atoms with Crippen molar-refractivity contribution >= 4 is 35.5 Å². The molecule has 0 saturated carbocycles. The molecule has 2 N–H and O–H groups in total. The number of carbonyl (C=O) groups excluding carboxylic acids is 5. The standard InChI is InChI=1S/C26H27N3O9/c1-4-35-22(31)15-10-16(23(32)36-5-2)12-18(11-15)27-21(30)14-29-24(33)26(3,28-25(29)34)17-6-7-19-20(13-17)38-9-8-37-19/h6-7,10-13H,4-5,8-9,14H2,1-3H3,(H,27,30)(H,28,34)/t26-/m0/s1. The van der Waals surface area contributed by atoms with E-state index in [1.54, 1.807) is 32.0 Å². The van der Waals surface area contributed by atoms with Gasteiger partial charge in [-0.1, -0.05) is 6.07 Å². The summed E-state index contributed by atoms with van der Waals surface area (Å²) in [5, 5.41) is 5.17. The summed E-state index contributed by atoms with van der Waals surface area (Å²) in [4.78, 5) is 64.2. The molecule has 0 aliphatic carbocycles. The zero-order valence-corrected chi connectivity index (χ0v) is 21.1. The summed E-state index contributed by atoms with van der Waals surface area (Å²) in [6.07, 6.45) is 0. The highest BCUT2D eigenvalue weighted by atomic mass is 16.6. The topological polar surface area (TPSA) is 150 Å². The van der Waals surface area contributed by atoms with Crippen LogP contribution in [0.5, 0.6) is 11.5 Å². The minimum Gasteiger partial charge on any atom is -0.486 e. The number of benzene rings is 2. The van der Waals surface area contributed by atoms with Crippen molar-refractivity contribution in [3.63, 3.8) is 0 Å². The van der Waals surface area contributed by atoms with E-state index in [1.165, 1.54) is 25.1 Å². The Morgan fingerprint density at radius 2 is 1.55 bits per heavy atom. The molecule has 2 aromatic rings. The van der Waals surface area contributed by atoms with Crippen LogP contribution < -0.4 is 20.1 Å². The van der Waals surface area contributed by atoms with Gasteiger partial charge >= 0.3 is 18.0 Å². The van der Waals surface area contributed by atoms with Crippen LogP contribution in [0.2, 0.25) is 0 Å². The Morgan fingerprint density at radius 1 is 0.947 bits per heavy atom. The van der Waals surface area contributed by atoms with Crippen LogP contribution in [0.1, 0.15) is 47.1 Å². The molecule has 12 nitrogen and oxygen atoms in total. The predicted molar refractivity (Wildman–Crippen MR) is 132 cm³/mol. The number of hydrogen-bond donors (Lipinski definition) is 2. The first-order chi connectivity index (χ1) is 18.2. The second-order valence-corrected chi connectivity index (χ2v) is 8.59. The Labute approximate surface area is 218 Å². The second-order valence-electron chi connectivity index (χ2n) is 8.59. The number of carbonyl (C=O) groups is 5. The third-order valence-corrected chi connectivity index (χ3v) is 5.94. The summed E-state index contributed by atoms with van der Waals surface area (Å²) >= 11 is 0. The van der Waals surface area contributed by atoms with E-state index in [9.17, 15) is 24.0 Å². The van der Waals surface area contributed by atoms with Gasteiger partial charge < -0.3 is 29.6 Å². The van der Waals surface area contributed by atoms with Crippen molar-refractivity contribution in [1.82, 2.24) is 10.2 Å². The maximum absolute atomic E-state index is 13.3. The molecule has 4 rings (SSSR count). The number of hydrogen-bond acceptors (Lipinski definition) is 9. The Hall–Kier alpha value is -4.61. The van der Waals surface area contributed by atoms with Crippen molar-refractivity contribution in [2.45, 2.75) is 26.3 Å². The molecule has 0 bridgehead atoms. The van der Waals surface area contributed by atoms with Crippen molar-refractivity contribution < 1.29 is 42.9 Å². The summed E-state index contributed by atoms with van der Waals surface area (Å²) in [5.41, 5.74) is -0.842. The fourth-order valence-electron chi connectivity index (χ4n) is 4.10. The SMILES string of the molecule is CCOC(=O)c1cc(NC(=O)CN2C(=O)N[C@@](C)(c3ccc4c(c3)OCCO4)C2=O)cc(C(=O)OCC)c1. The number of amides is 4. The molecule has 0 radical (unpaired) electrons. The molecule has 4 amide bonds. The lowest BCUT2D eigenvalue weighted by molar-refractivity contribution is -0.133. The second kappa shape index (κ2) is 10.8. The molecule has 1 fully saturated rings. The van der Waals surface area contributed by atoms with E-state index in [0.29, 0.717) is 30.3 Å². The molecule has 1 atom stereocenters. The van der Waals surface area contributed by atoms with Gasteiger partial charge in [0.2, 0.25) is 5.91 Å². The molecule has 0 aromatic heterocycles. The number of nitrogens with one attached hydrogen (secondary N) is 2. The first-order valence-electron chi connectivity index (χ1n) is 12.0. The summed E-state index contributed by atoms with van der Waals surface area (Å²) < 4.78 is 21.1. The van der Waals surface area contributed by atoms with Crippen LogP contribution in [0, 0.1) is 0 Å². The number of ether oxygens (including phenoxy) is 4. The summed E-state index contributed by atoms with van der Waals surface area (Å²) in [6.45, 7) is 5.17. The number of esters is 2. The first kappa shape index (κ1) is 26.5. The molecular weight excluding hydrogens is 498 g/mol. The van der Waals surface area contributed by atoms with Crippen LogP contribution in [-0.4, -0.2) is 67.7 Å². The highest BCUT2D eigenvalue weighted by Gasteiger charge is 2.49. The quantitative estimate of drug-likeness (QED) is 0.391. The van der Waals surface area contributed by atoms with Crippen LogP contribution >= 0.6 is 0 Å². The maximum atomic E-state index is 13.3. The summed E-state index contributed by atoms with van der Waals surface area (Å²) in [6, 6.07) is 8.10. The Balaban J connectivity index is 1.52. The van der Waals surface area contributed by atoms with Gasteiger partial charge in [-0.25, -0.2) is 14.4 Å². The smallest absolute Gasteiger partial charge is 0.338 e. The third kappa shape index (κ3) is 5.24. The third-order valence-electron chi connectivity index (χ3n) is 5.94. The van der Waals surface area contributed by atoms with Crippen LogP contribution in [0.4, 0.5) is 10.5 Å². The fraction of sp³-hybridized carbons (Fsp3) is 0.346. The maximum Gasteiger partial charge on any atom is 0.338 e. The van der Waals surface area contributed by atoms with Crippen LogP contribution in [0.3, 0.4) is 0 Å². The highest BCUT2D eigenvalue weighted by molar-refractivity contribution is 6.10. The number of anilines is 1. The van der Waals surface area contributed by atoms with E-state index in [0.717, 1.165) is 4.90 Å². The van der Waals surface area contributed by atoms with Crippen molar-refractivity contribution in [3.05, 3.63) is 53.1 Å². The monoisotopic (exact) mass is 525 g/mol. The molecule has 2 heterocycles. The van der Waals surface area contributed by atoms with Crippen LogP contribution in [0.25, 0.3) is 0 Å². The van der Waals surface area contributed by atoms with Gasteiger partial charge in [0.05, 0.1) is 24.3 Å². The number of fused-ring (bicyclic) bond motifs is 1. The zero-order chi connectivity index (χ0) is 27.4. The molecule has 200 valence electrons. The van der Waals surface area contributed by atoms with Gasteiger partial charge in [-0.3, -0.25) is 14.5 Å². The summed E-state index contributed by atoms with van der Waals surface area (Å²) in [5.74, 6) is -1.77. The van der Waals surface area contributed by atoms with Crippen LogP contribution in [-0.2, 0) is 24.6 Å². The Morgan fingerprint density at radius 3 is 2.16 bits per heavy atom. The fourth-order valence-corrected chi connectivity index (χ4v) is 4.10. The average molecular weight is 526 g/mol. The van der Waals surface area contributed by atoms with Gasteiger partial charge in [0.25, 0.3) is 5.91 Å². The van der Waals surface area contributed by atoms with Crippen molar-refractivity contribution in [3.8, 4) is 11.5 Å². The van der Waals surface area contributed by atoms with Crippen LogP contribution in [0.15, 0.2) is 36.4 Å². The minimum atomic E-state index is -1.44. The number of urea groups is 1. The van der Waals surface area contributed by atoms with Gasteiger partial charge in [0.15, 0.2) is 11.5 Å². The van der Waals surface area contributed by atoms with Gasteiger partial charge in [-0.2, -0.15) is 0 Å². The molecule has 2 aromatic carbocycles. The Bertz CT molecular complexity index is 1270. The molecule has 0 unspecified atom stereocenters. The van der Waals surface area contributed by atoms with E-state index in [2.05, 4.69) is 10.6 Å². The van der Waals surface area contributed by atoms with E-state index in [4.69, 9.17) is 18.9 Å². The van der Waals surface area contributed by atoms with E-state index in [-0.39, 0.29) is 30.0 Å². The van der Waals surface area contributed by atoms with Crippen molar-refractivity contribution in [1.29, 1.82) is 0 Å². The van der Waals surface area contributed by atoms with E-state index >= 15 is 0 Å². The Kier molecular flexibility index (Phi) is 7.51. The predicted octanol–water partition coefficient (Wildman–Crippen LogP) is 2.22. The lowest BCUT2D eigenvalue weighted by Gasteiger charge is -2.25. The molecule has 0 spiro atoms. The molecule has 1 saturated heterocycles. The lowest BCUT2D eigenvalue weighted by Crippen LogP contribution is -2.42. The van der Waals surface area contributed by atoms with Gasteiger partial charge in [-0.05, 0) is 56.7 Å². The minimum absolute atomic E-state index is 0.0221. The number of imide groups is 1. The van der Waals surface area contributed by atoms with Crippen molar-refractivity contribution in [2.24, 2.45) is 0 Å². The lowest BCUT2D eigenvalue weighted by atomic mass is 9.91.